The highest BCUT2D eigenvalue weighted by molar-refractivity contribution is 5.00. The van der Waals surface area contributed by atoms with E-state index in [1.165, 1.54) is 13.3 Å². The van der Waals surface area contributed by atoms with Gasteiger partial charge in [-0.15, -0.1) is 0 Å². The maximum Gasteiger partial charge on any atom is 0.162 e. The number of piperidine rings is 1. The van der Waals surface area contributed by atoms with E-state index in [1.54, 1.807) is 0 Å². The van der Waals surface area contributed by atoms with Crippen LogP contribution in [0.5, 0.6) is 0 Å². The van der Waals surface area contributed by atoms with Crippen LogP contribution in [0.1, 0.15) is 26.2 Å². The summed E-state index contributed by atoms with van der Waals surface area (Å²) in [7, 11) is 2.13. The molecule has 1 aliphatic carbocycles. The number of fused-ring (bicyclic) bond motifs is 2. The average molecular weight is 171 g/mol. The highest BCUT2D eigenvalue weighted by Gasteiger charge is 2.47. The normalized spacial score (nSPS) is 42.5. The summed E-state index contributed by atoms with van der Waals surface area (Å²) < 4.78 is 0. The van der Waals surface area contributed by atoms with Crippen molar-refractivity contribution in [3.63, 3.8) is 0 Å². The number of nitrogens with zero attached hydrogens (tertiary/aromatic N) is 1. The summed E-state index contributed by atoms with van der Waals surface area (Å²) >= 11 is 0. The van der Waals surface area contributed by atoms with Crippen LogP contribution in [0.2, 0.25) is 0 Å². The molecule has 2 saturated heterocycles. The van der Waals surface area contributed by atoms with Gasteiger partial charge in [-0.3, -0.25) is 0 Å². The van der Waals surface area contributed by atoms with Gasteiger partial charge in [-0.05, 0) is 33.2 Å². The van der Waals surface area contributed by atoms with Crippen LogP contribution >= 0.6 is 0 Å². The molecule has 3 heteroatoms. The zero-order valence-electron chi connectivity index (χ0n) is 7.70. The molecule has 0 amide bonds. The third-order valence-corrected chi connectivity index (χ3v) is 3.58. The first kappa shape index (κ1) is 8.48. The first-order chi connectivity index (χ1) is 5.48. The molecule has 0 spiro atoms. The van der Waals surface area contributed by atoms with Crippen LogP contribution in [-0.2, 0) is 0 Å². The Hall–Kier alpha value is -0.120. The molecule has 2 N–H and O–H groups in total. The summed E-state index contributed by atoms with van der Waals surface area (Å²) in [5.41, 5.74) is 0. The fraction of sp³-hybridized carbons (Fsp3) is 1.00. The second-order valence-electron chi connectivity index (χ2n) is 4.47. The molecular formula is C9H17NO2. The van der Waals surface area contributed by atoms with E-state index in [-0.39, 0.29) is 5.92 Å². The first-order valence-corrected chi connectivity index (χ1v) is 4.65. The average Bonchev–Trinajstić information content (AvgIpc) is 2.02. The second kappa shape index (κ2) is 2.44. The van der Waals surface area contributed by atoms with Gasteiger partial charge in [-0.1, -0.05) is 0 Å². The van der Waals surface area contributed by atoms with E-state index in [1.807, 2.05) is 0 Å². The Balaban J connectivity index is 1.99. The van der Waals surface area contributed by atoms with E-state index in [4.69, 9.17) is 0 Å². The minimum atomic E-state index is -1.46. The van der Waals surface area contributed by atoms with Crippen LogP contribution in [0.3, 0.4) is 0 Å². The molecule has 2 atom stereocenters. The van der Waals surface area contributed by atoms with Crippen molar-refractivity contribution in [1.82, 2.24) is 4.90 Å². The lowest BCUT2D eigenvalue weighted by molar-refractivity contribution is -0.216. The van der Waals surface area contributed by atoms with E-state index in [0.29, 0.717) is 12.1 Å². The maximum absolute atomic E-state index is 9.40. The largest absolute Gasteiger partial charge is 0.366 e. The van der Waals surface area contributed by atoms with Gasteiger partial charge in [-0.25, -0.2) is 0 Å². The first-order valence-electron chi connectivity index (χ1n) is 4.65. The van der Waals surface area contributed by atoms with Crippen LogP contribution in [0, 0.1) is 5.92 Å². The summed E-state index contributed by atoms with van der Waals surface area (Å²) in [4.78, 5) is 2.35. The molecule has 0 aromatic heterocycles. The zero-order chi connectivity index (χ0) is 8.93. The number of aliphatic hydroxyl groups is 2. The molecule has 0 radical (unpaired) electrons. The fourth-order valence-corrected chi connectivity index (χ4v) is 2.53. The molecule has 1 saturated carbocycles. The van der Waals surface area contributed by atoms with Gasteiger partial charge in [-0.2, -0.15) is 0 Å². The van der Waals surface area contributed by atoms with Gasteiger partial charge in [0.25, 0.3) is 0 Å². The summed E-state index contributed by atoms with van der Waals surface area (Å²) in [6.45, 7) is 1.50. The summed E-state index contributed by atoms with van der Waals surface area (Å²) in [5, 5.41) is 18.8. The standard InChI is InChI=1S/C9H17NO2/c1-9(11,12)6-3-7-5-8(4-6)10(7)2/h6-8,11-12H,3-5H2,1-2H3. The van der Waals surface area contributed by atoms with Gasteiger partial charge in [0.1, 0.15) is 0 Å². The fourth-order valence-electron chi connectivity index (χ4n) is 2.53. The van der Waals surface area contributed by atoms with E-state index in [2.05, 4.69) is 11.9 Å². The highest BCUT2D eigenvalue weighted by atomic mass is 16.5. The Kier molecular flexibility index (Phi) is 1.72. The third kappa shape index (κ3) is 1.16. The lowest BCUT2D eigenvalue weighted by Gasteiger charge is -2.55. The highest BCUT2D eigenvalue weighted by Crippen LogP contribution is 2.43. The Labute approximate surface area is 73.0 Å². The van der Waals surface area contributed by atoms with Gasteiger partial charge >= 0.3 is 0 Å². The molecule has 2 heterocycles. The van der Waals surface area contributed by atoms with Crippen molar-refractivity contribution in [3.05, 3.63) is 0 Å². The lowest BCUT2D eigenvalue weighted by atomic mass is 9.71. The molecular weight excluding hydrogens is 154 g/mol. The second-order valence-corrected chi connectivity index (χ2v) is 4.47. The van der Waals surface area contributed by atoms with Crippen molar-refractivity contribution in [2.24, 2.45) is 5.92 Å². The summed E-state index contributed by atoms with van der Waals surface area (Å²) in [6.07, 6.45) is 3.14. The van der Waals surface area contributed by atoms with Crippen LogP contribution in [0.25, 0.3) is 0 Å². The van der Waals surface area contributed by atoms with Gasteiger partial charge in [0.15, 0.2) is 5.79 Å². The Morgan fingerprint density at radius 3 is 2.00 bits per heavy atom. The van der Waals surface area contributed by atoms with E-state index < -0.39 is 5.79 Å². The number of hydrogen-bond acceptors (Lipinski definition) is 3. The molecule has 3 aliphatic rings. The Morgan fingerprint density at radius 2 is 1.67 bits per heavy atom. The molecule has 3 rings (SSSR count). The molecule has 0 aromatic rings. The molecule has 12 heavy (non-hydrogen) atoms. The summed E-state index contributed by atoms with van der Waals surface area (Å²) in [5.74, 6) is -1.38. The van der Waals surface area contributed by atoms with Crippen LogP contribution in [0.4, 0.5) is 0 Å². The minimum Gasteiger partial charge on any atom is -0.366 e. The van der Waals surface area contributed by atoms with Gasteiger partial charge in [0.2, 0.25) is 0 Å². The quantitative estimate of drug-likeness (QED) is 0.553. The molecule has 0 aromatic carbocycles. The number of hydrogen-bond donors (Lipinski definition) is 2. The molecule has 2 unspecified atom stereocenters. The maximum atomic E-state index is 9.40. The zero-order valence-corrected chi connectivity index (χ0v) is 7.70. The summed E-state index contributed by atoms with van der Waals surface area (Å²) in [6, 6.07) is 1.21. The third-order valence-electron chi connectivity index (χ3n) is 3.58. The topological polar surface area (TPSA) is 43.7 Å². The monoisotopic (exact) mass is 171 g/mol. The van der Waals surface area contributed by atoms with Gasteiger partial charge < -0.3 is 15.1 Å². The van der Waals surface area contributed by atoms with Gasteiger partial charge in [0.05, 0.1) is 0 Å². The van der Waals surface area contributed by atoms with Gasteiger partial charge in [0, 0.05) is 18.0 Å². The van der Waals surface area contributed by atoms with Crippen LogP contribution < -0.4 is 0 Å². The van der Waals surface area contributed by atoms with Crippen molar-refractivity contribution in [2.75, 3.05) is 7.05 Å². The van der Waals surface area contributed by atoms with Crippen molar-refractivity contribution in [1.29, 1.82) is 0 Å². The molecule has 2 bridgehead atoms. The predicted octanol–water partition coefficient (Wildman–Crippen LogP) is 0.170. The van der Waals surface area contributed by atoms with Crippen molar-refractivity contribution in [3.8, 4) is 0 Å². The smallest absolute Gasteiger partial charge is 0.162 e. The lowest BCUT2D eigenvalue weighted by Crippen LogP contribution is -2.61. The molecule has 70 valence electrons. The Bertz CT molecular complexity index is 175. The predicted molar refractivity (Wildman–Crippen MR) is 45.5 cm³/mol. The SMILES string of the molecule is CN1C2CC1CC(C(C)(O)O)C2. The van der Waals surface area contributed by atoms with Crippen molar-refractivity contribution in [2.45, 2.75) is 44.1 Å². The van der Waals surface area contributed by atoms with E-state index in [9.17, 15) is 10.2 Å². The van der Waals surface area contributed by atoms with E-state index >= 15 is 0 Å². The molecule has 2 aliphatic heterocycles. The van der Waals surface area contributed by atoms with Crippen molar-refractivity contribution >= 4 is 0 Å². The molecule has 3 nitrogen and oxygen atoms in total. The van der Waals surface area contributed by atoms with E-state index in [0.717, 1.165) is 12.8 Å². The molecule has 3 fully saturated rings. The van der Waals surface area contributed by atoms with Crippen LogP contribution in [0.15, 0.2) is 0 Å². The van der Waals surface area contributed by atoms with Crippen LogP contribution in [-0.4, -0.2) is 40.0 Å². The minimum absolute atomic E-state index is 0.0810. The Morgan fingerprint density at radius 1 is 1.17 bits per heavy atom. The van der Waals surface area contributed by atoms with Crippen molar-refractivity contribution < 1.29 is 10.2 Å². The number of rotatable bonds is 1.